The second-order valence-corrected chi connectivity index (χ2v) is 8.51. The van der Waals surface area contributed by atoms with Crippen LogP contribution in [0.15, 0.2) is 54.7 Å². The predicted molar refractivity (Wildman–Crippen MR) is 112 cm³/mol. The molecule has 1 aromatic carbocycles. The largest absolute Gasteiger partial charge is 0.384 e. The Morgan fingerprint density at radius 2 is 1.83 bits per heavy atom. The molecule has 0 fully saturated rings. The number of nitrogen functional groups attached to an aromatic ring is 1. The van der Waals surface area contributed by atoms with E-state index < -0.39 is 15.9 Å². The minimum absolute atomic E-state index is 0.0210. The monoisotopic (exact) mass is 412 g/mol. The summed E-state index contributed by atoms with van der Waals surface area (Å²) in [6, 6.07) is 13.0. The molecular weight excluding hydrogens is 392 g/mol. The second-order valence-electron chi connectivity index (χ2n) is 6.16. The van der Waals surface area contributed by atoms with Crippen LogP contribution in [0.25, 0.3) is 11.4 Å². The highest BCUT2D eigenvalue weighted by Gasteiger charge is 2.13. The molecule has 0 bridgehead atoms. The minimum Gasteiger partial charge on any atom is -0.384 e. The molecule has 0 saturated carbocycles. The van der Waals surface area contributed by atoms with E-state index in [-0.39, 0.29) is 17.3 Å². The molecule has 10 heteroatoms. The van der Waals surface area contributed by atoms with Crippen LogP contribution in [-0.2, 0) is 15.6 Å². The van der Waals surface area contributed by atoms with Gasteiger partial charge in [-0.3, -0.25) is 5.32 Å². The Morgan fingerprint density at radius 1 is 1.07 bits per heavy atom. The number of nitrogens with zero attached hydrogens (tertiary/aromatic N) is 3. The molecule has 0 aliphatic carbocycles. The number of sulfone groups is 1. The molecule has 150 valence electrons. The number of carbonyl (C=O) groups excluding carboxylic acids is 1. The van der Waals surface area contributed by atoms with Crippen molar-refractivity contribution in [2.45, 2.75) is 12.7 Å². The van der Waals surface area contributed by atoms with Gasteiger partial charge in [0.15, 0.2) is 15.7 Å². The number of nitrogens with one attached hydrogen (secondary N) is 2. The lowest BCUT2D eigenvalue weighted by molar-refractivity contribution is 0.262. The predicted octanol–water partition coefficient (Wildman–Crippen LogP) is 2.70. The van der Waals surface area contributed by atoms with Crippen LogP contribution in [0.3, 0.4) is 0 Å². The van der Waals surface area contributed by atoms with Gasteiger partial charge in [0.1, 0.15) is 11.6 Å². The molecule has 9 nitrogen and oxygen atoms in total. The molecular formula is C19H20N6O3S. The molecule has 0 radical (unpaired) electrons. The third-order valence-electron chi connectivity index (χ3n) is 3.91. The first-order valence-corrected chi connectivity index (χ1v) is 10.6. The highest BCUT2D eigenvalue weighted by atomic mass is 32.2. The fourth-order valence-electron chi connectivity index (χ4n) is 2.47. The van der Waals surface area contributed by atoms with Gasteiger partial charge in [0.05, 0.1) is 11.4 Å². The quantitative estimate of drug-likeness (QED) is 0.565. The first-order valence-electron chi connectivity index (χ1n) is 8.78. The van der Waals surface area contributed by atoms with Gasteiger partial charge in [0.2, 0.25) is 0 Å². The summed E-state index contributed by atoms with van der Waals surface area (Å²) in [4.78, 5) is 24.5. The smallest absolute Gasteiger partial charge is 0.324 e. The molecule has 2 aromatic heterocycles. The van der Waals surface area contributed by atoms with E-state index in [0.29, 0.717) is 28.6 Å². The number of aromatic nitrogens is 3. The third-order valence-corrected chi connectivity index (χ3v) is 5.53. The van der Waals surface area contributed by atoms with Gasteiger partial charge in [0.25, 0.3) is 0 Å². The molecule has 4 N–H and O–H groups in total. The van der Waals surface area contributed by atoms with E-state index in [4.69, 9.17) is 5.73 Å². The molecule has 0 aliphatic rings. The van der Waals surface area contributed by atoms with Gasteiger partial charge < -0.3 is 11.1 Å². The van der Waals surface area contributed by atoms with Crippen molar-refractivity contribution < 1.29 is 13.2 Å². The summed E-state index contributed by atoms with van der Waals surface area (Å²) in [6.45, 7) is 1.58. The molecule has 3 rings (SSSR count). The maximum Gasteiger partial charge on any atom is 0.324 e. The van der Waals surface area contributed by atoms with E-state index in [1.165, 1.54) is 6.07 Å². The first kappa shape index (κ1) is 20.2. The summed E-state index contributed by atoms with van der Waals surface area (Å²) in [5.41, 5.74) is 7.35. The highest BCUT2D eigenvalue weighted by Crippen LogP contribution is 2.20. The minimum atomic E-state index is -3.24. The molecule has 2 amide bonds. The first-order chi connectivity index (χ1) is 13.8. The lowest BCUT2D eigenvalue weighted by Gasteiger charge is -2.09. The number of hydrogen-bond acceptors (Lipinski definition) is 7. The van der Waals surface area contributed by atoms with E-state index in [2.05, 4.69) is 25.6 Å². The van der Waals surface area contributed by atoms with Crippen LogP contribution in [0.4, 0.5) is 22.1 Å². The fourth-order valence-corrected chi connectivity index (χ4v) is 3.27. The van der Waals surface area contributed by atoms with E-state index in [0.717, 1.165) is 0 Å². The summed E-state index contributed by atoms with van der Waals surface area (Å²) < 4.78 is 23.7. The average Bonchev–Trinajstić information content (AvgIpc) is 2.68. The van der Waals surface area contributed by atoms with Gasteiger partial charge in [-0.25, -0.2) is 28.2 Å². The van der Waals surface area contributed by atoms with Crippen molar-refractivity contribution in [2.75, 3.05) is 22.1 Å². The van der Waals surface area contributed by atoms with Crippen LogP contribution in [0, 0.1) is 0 Å². The molecule has 29 heavy (non-hydrogen) atoms. The standard InChI is InChI=1S/C19H20N6O3S/c1-2-29(27,28)12-15-11-16(20)24-18(22-15)13-6-8-14(9-7-13)23-19(26)25-17-5-3-4-10-21-17/h3-11H,2,12H2,1H3,(H2,20,22,24)(H2,21,23,25,26). The van der Waals surface area contributed by atoms with E-state index in [9.17, 15) is 13.2 Å². The SMILES string of the molecule is CCS(=O)(=O)Cc1cc(N)nc(-c2ccc(NC(=O)Nc3ccccn3)cc2)n1. The van der Waals surface area contributed by atoms with Crippen molar-refractivity contribution in [3.8, 4) is 11.4 Å². The Kier molecular flexibility index (Phi) is 6.03. The lowest BCUT2D eigenvalue weighted by atomic mass is 10.2. The van der Waals surface area contributed by atoms with Gasteiger partial charge >= 0.3 is 6.03 Å². The van der Waals surface area contributed by atoms with Crippen LogP contribution in [0.5, 0.6) is 0 Å². The van der Waals surface area contributed by atoms with Crippen molar-refractivity contribution >= 4 is 33.2 Å². The maximum atomic E-state index is 12.0. The number of nitrogens with two attached hydrogens (primary N) is 1. The fraction of sp³-hybridized carbons (Fsp3) is 0.158. The molecule has 2 heterocycles. The normalized spacial score (nSPS) is 11.1. The number of rotatable bonds is 6. The number of carbonyl (C=O) groups is 1. The molecule has 0 aliphatic heterocycles. The summed E-state index contributed by atoms with van der Waals surface area (Å²) >= 11 is 0. The summed E-state index contributed by atoms with van der Waals surface area (Å²) in [5.74, 6) is 0.761. The Morgan fingerprint density at radius 3 is 2.48 bits per heavy atom. The van der Waals surface area contributed by atoms with Crippen LogP contribution >= 0.6 is 0 Å². The topological polar surface area (TPSA) is 140 Å². The number of amides is 2. The Balaban J connectivity index is 1.73. The summed E-state index contributed by atoms with van der Waals surface area (Å²) in [7, 11) is -3.24. The van der Waals surface area contributed by atoms with Gasteiger partial charge in [-0.05, 0) is 36.4 Å². The Hall–Kier alpha value is -3.53. The van der Waals surface area contributed by atoms with Gasteiger partial charge in [0, 0.05) is 29.3 Å². The van der Waals surface area contributed by atoms with Crippen LogP contribution < -0.4 is 16.4 Å². The van der Waals surface area contributed by atoms with Crippen molar-refractivity contribution in [1.82, 2.24) is 15.0 Å². The molecule has 0 spiro atoms. The average molecular weight is 412 g/mol. The van der Waals surface area contributed by atoms with Crippen LogP contribution in [0.2, 0.25) is 0 Å². The number of pyridine rings is 1. The number of benzene rings is 1. The number of anilines is 3. The summed E-state index contributed by atoms with van der Waals surface area (Å²) in [6.07, 6.45) is 1.58. The molecule has 0 unspecified atom stereocenters. The molecule has 0 atom stereocenters. The number of hydrogen-bond donors (Lipinski definition) is 3. The highest BCUT2D eigenvalue weighted by molar-refractivity contribution is 7.90. The van der Waals surface area contributed by atoms with Gasteiger partial charge in [-0.15, -0.1) is 0 Å². The molecule has 0 saturated heterocycles. The van der Waals surface area contributed by atoms with E-state index in [1.54, 1.807) is 55.6 Å². The zero-order chi connectivity index (χ0) is 20.9. The van der Waals surface area contributed by atoms with Crippen molar-refractivity contribution in [3.05, 3.63) is 60.4 Å². The van der Waals surface area contributed by atoms with E-state index >= 15 is 0 Å². The van der Waals surface area contributed by atoms with Gasteiger partial charge in [-0.2, -0.15) is 0 Å². The number of urea groups is 1. The molecule has 3 aromatic rings. The lowest BCUT2D eigenvalue weighted by Crippen LogP contribution is -2.19. The summed E-state index contributed by atoms with van der Waals surface area (Å²) in [5, 5.41) is 5.32. The van der Waals surface area contributed by atoms with Crippen LogP contribution in [-0.4, -0.2) is 35.2 Å². The van der Waals surface area contributed by atoms with Gasteiger partial charge in [-0.1, -0.05) is 13.0 Å². The maximum absolute atomic E-state index is 12.0. The van der Waals surface area contributed by atoms with E-state index in [1.807, 2.05) is 0 Å². The zero-order valence-electron chi connectivity index (χ0n) is 15.7. The van der Waals surface area contributed by atoms with Crippen LogP contribution in [0.1, 0.15) is 12.6 Å². The second kappa shape index (κ2) is 8.65. The zero-order valence-corrected chi connectivity index (χ0v) is 16.5. The Labute approximate surface area is 168 Å². The van der Waals surface area contributed by atoms with Crippen molar-refractivity contribution in [1.29, 1.82) is 0 Å². The Bertz CT molecular complexity index is 1100. The van der Waals surface area contributed by atoms with Crippen molar-refractivity contribution in [2.24, 2.45) is 0 Å². The van der Waals surface area contributed by atoms with Crippen molar-refractivity contribution in [3.63, 3.8) is 0 Å². The third kappa shape index (κ3) is 5.72.